The van der Waals surface area contributed by atoms with E-state index in [1.165, 1.54) is 24.3 Å². The van der Waals surface area contributed by atoms with Gasteiger partial charge in [0.25, 0.3) is 0 Å². The lowest BCUT2D eigenvalue weighted by molar-refractivity contribution is 0.0526. The van der Waals surface area contributed by atoms with Crippen molar-refractivity contribution in [3.05, 3.63) is 65.7 Å². The van der Waals surface area contributed by atoms with Crippen molar-refractivity contribution in [2.45, 2.75) is 44.2 Å². The van der Waals surface area contributed by atoms with Crippen LogP contribution in [0.3, 0.4) is 0 Å². The van der Waals surface area contributed by atoms with Gasteiger partial charge in [-0.2, -0.15) is 4.31 Å². The van der Waals surface area contributed by atoms with Crippen LogP contribution in [0.5, 0.6) is 0 Å². The number of ether oxygens (including phenoxy) is 1. The van der Waals surface area contributed by atoms with Crippen LogP contribution in [0.4, 0.5) is 0 Å². The van der Waals surface area contributed by atoms with Gasteiger partial charge in [0.15, 0.2) is 0 Å². The fourth-order valence-electron chi connectivity index (χ4n) is 3.14. The largest absolute Gasteiger partial charge is 0.462 e. The predicted octanol–water partition coefficient (Wildman–Crippen LogP) is 3.85. The smallest absolute Gasteiger partial charge is 0.338 e. The molecular formula is C21H25NO4S. The normalized spacial score (nSPS) is 15.5. The summed E-state index contributed by atoms with van der Waals surface area (Å²) in [6.07, 6.45) is 2.12. The summed E-state index contributed by atoms with van der Waals surface area (Å²) in [6, 6.07) is 15.5. The molecule has 2 aromatic carbocycles. The molecule has 0 bridgehead atoms. The molecule has 0 aliphatic heterocycles. The third kappa shape index (κ3) is 4.57. The molecular weight excluding hydrogens is 362 g/mol. The van der Waals surface area contributed by atoms with Gasteiger partial charge in [-0.1, -0.05) is 30.3 Å². The van der Waals surface area contributed by atoms with Crippen LogP contribution in [0.25, 0.3) is 0 Å². The van der Waals surface area contributed by atoms with Gasteiger partial charge in [-0.05, 0) is 62.4 Å². The molecule has 2 aromatic rings. The van der Waals surface area contributed by atoms with Crippen LogP contribution in [0.2, 0.25) is 0 Å². The number of carbonyl (C=O) groups is 1. The molecule has 144 valence electrons. The highest BCUT2D eigenvalue weighted by molar-refractivity contribution is 7.89. The van der Waals surface area contributed by atoms with Gasteiger partial charge in [0.05, 0.1) is 17.1 Å². The van der Waals surface area contributed by atoms with Crippen LogP contribution in [-0.4, -0.2) is 31.3 Å². The molecule has 0 aromatic heterocycles. The minimum atomic E-state index is -3.68. The molecule has 0 saturated heterocycles. The van der Waals surface area contributed by atoms with Crippen molar-refractivity contribution < 1.29 is 17.9 Å². The summed E-state index contributed by atoms with van der Waals surface area (Å²) in [5.74, 6) is -0.0452. The first-order valence-electron chi connectivity index (χ1n) is 9.26. The second-order valence-electron chi connectivity index (χ2n) is 6.86. The fraction of sp³-hybridized carbons (Fsp3) is 0.381. The van der Waals surface area contributed by atoms with Crippen LogP contribution < -0.4 is 0 Å². The summed E-state index contributed by atoms with van der Waals surface area (Å²) >= 11 is 0. The zero-order valence-corrected chi connectivity index (χ0v) is 16.5. The van der Waals surface area contributed by atoms with Gasteiger partial charge in [-0.15, -0.1) is 0 Å². The summed E-state index contributed by atoms with van der Waals surface area (Å²) in [6.45, 7) is 4.33. The van der Waals surface area contributed by atoms with E-state index in [0.29, 0.717) is 18.0 Å². The quantitative estimate of drug-likeness (QED) is 0.646. The maximum Gasteiger partial charge on any atom is 0.338 e. The second kappa shape index (κ2) is 8.23. The van der Waals surface area contributed by atoms with Crippen LogP contribution in [0.1, 0.15) is 42.6 Å². The van der Waals surface area contributed by atoms with Crippen molar-refractivity contribution in [1.82, 2.24) is 4.31 Å². The predicted molar refractivity (Wildman–Crippen MR) is 104 cm³/mol. The topological polar surface area (TPSA) is 63.7 Å². The van der Waals surface area contributed by atoms with E-state index in [1.807, 2.05) is 37.3 Å². The summed E-state index contributed by atoms with van der Waals surface area (Å²) in [5.41, 5.74) is 1.30. The minimum Gasteiger partial charge on any atom is -0.462 e. The van der Waals surface area contributed by atoms with Crippen molar-refractivity contribution in [2.24, 2.45) is 5.92 Å². The van der Waals surface area contributed by atoms with Crippen LogP contribution in [0.15, 0.2) is 59.5 Å². The SMILES string of the molecule is CCOC(=O)c1ccc(S(=O)(=O)N(Cc2ccccc2)[C@H](C)C2CC2)cc1. The number of rotatable bonds is 8. The summed E-state index contributed by atoms with van der Waals surface area (Å²) in [7, 11) is -3.68. The highest BCUT2D eigenvalue weighted by atomic mass is 32.2. The molecule has 0 unspecified atom stereocenters. The number of hydrogen-bond donors (Lipinski definition) is 0. The molecule has 0 amide bonds. The first kappa shape index (κ1) is 19.6. The Labute approximate surface area is 161 Å². The van der Waals surface area contributed by atoms with Gasteiger partial charge in [0, 0.05) is 12.6 Å². The molecule has 1 aliphatic carbocycles. The van der Waals surface area contributed by atoms with Crippen LogP contribution in [-0.2, 0) is 21.3 Å². The van der Waals surface area contributed by atoms with Crippen LogP contribution >= 0.6 is 0 Å². The third-order valence-corrected chi connectivity index (χ3v) is 6.86. The van der Waals surface area contributed by atoms with E-state index in [0.717, 1.165) is 18.4 Å². The molecule has 6 heteroatoms. The fourth-order valence-corrected chi connectivity index (χ4v) is 4.82. The van der Waals surface area contributed by atoms with Crippen molar-refractivity contribution in [1.29, 1.82) is 0 Å². The van der Waals surface area contributed by atoms with E-state index < -0.39 is 16.0 Å². The van der Waals surface area contributed by atoms with Gasteiger partial charge in [0.2, 0.25) is 10.0 Å². The van der Waals surface area contributed by atoms with E-state index in [4.69, 9.17) is 4.74 Å². The van der Waals surface area contributed by atoms with E-state index in [1.54, 1.807) is 11.2 Å². The molecule has 1 aliphatic rings. The zero-order chi connectivity index (χ0) is 19.4. The summed E-state index contributed by atoms with van der Waals surface area (Å²) < 4.78 is 33.2. The minimum absolute atomic E-state index is 0.0695. The number of nitrogens with zero attached hydrogens (tertiary/aromatic N) is 1. The van der Waals surface area contributed by atoms with E-state index in [9.17, 15) is 13.2 Å². The van der Waals surface area contributed by atoms with Crippen LogP contribution in [0, 0.1) is 5.92 Å². The summed E-state index contributed by atoms with van der Waals surface area (Å²) in [5, 5.41) is 0. The molecule has 5 nitrogen and oxygen atoms in total. The number of benzene rings is 2. The molecule has 3 rings (SSSR count). The standard InChI is InChI=1S/C21H25NO4S/c1-3-26-21(23)19-11-13-20(14-12-19)27(24,25)22(16(2)18-9-10-18)15-17-7-5-4-6-8-17/h4-8,11-14,16,18H,3,9-10,15H2,1-2H3/t16-/m1/s1. The highest BCUT2D eigenvalue weighted by Gasteiger charge is 2.38. The Morgan fingerprint density at radius 2 is 1.74 bits per heavy atom. The van der Waals surface area contributed by atoms with Crippen molar-refractivity contribution in [3.8, 4) is 0 Å². The highest BCUT2D eigenvalue weighted by Crippen LogP contribution is 2.37. The Hall–Kier alpha value is -2.18. The molecule has 1 fully saturated rings. The maximum atomic E-state index is 13.3. The average Bonchev–Trinajstić information content (AvgIpc) is 3.52. The zero-order valence-electron chi connectivity index (χ0n) is 15.7. The number of sulfonamides is 1. The van der Waals surface area contributed by atoms with Gasteiger partial charge in [0.1, 0.15) is 0 Å². The van der Waals surface area contributed by atoms with Gasteiger partial charge in [-0.3, -0.25) is 0 Å². The lowest BCUT2D eigenvalue weighted by Gasteiger charge is -2.28. The van der Waals surface area contributed by atoms with Crippen molar-refractivity contribution in [2.75, 3.05) is 6.61 Å². The van der Waals surface area contributed by atoms with E-state index in [-0.39, 0.29) is 17.5 Å². The summed E-state index contributed by atoms with van der Waals surface area (Å²) in [4.78, 5) is 12.0. The number of carbonyl (C=O) groups excluding carboxylic acids is 1. The van der Waals surface area contributed by atoms with Gasteiger partial charge < -0.3 is 4.74 Å². The van der Waals surface area contributed by atoms with E-state index in [2.05, 4.69) is 0 Å². The molecule has 1 atom stereocenters. The molecule has 0 spiro atoms. The molecule has 1 saturated carbocycles. The molecule has 27 heavy (non-hydrogen) atoms. The number of esters is 1. The van der Waals surface area contributed by atoms with Gasteiger partial charge in [-0.25, -0.2) is 13.2 Å². The Kier molecular flexibility index (Phi) is 5.97. The third-order valence-electron chi connectivity index (χ3n) is 4.91. The lowest BCUT2D eigenvalue weighted by Crippen LogP contribution is -2.39. The Balaban J connectivity index is 1.88. The second-order valence-corrected chi connectivity index (χ2v) is 8.75. The monoisotopic (exact) mass is 387 g/mol. The van der Waals surface area contributed by atoms with E-state index >= 15 is 0 Å². The Morgan fingerprint density at radius 1 is 1.11 bits per heavy atom. The molecule has 0 heterocycles. The Bertz CT molecular complexity index is 874. The first-order valence-corrected chi connectivity index (χ1v) is 10.7. The Morgan fingerprint density at radius 3 is 2.30 bits per heavy atom. The van der Waals surface area contributed by atoms with Crippen molar-refractivity contribution in [3.63, 3.8) is 0 Å². The molecule has 0 radical (unpaired) electrons. The average molecular weight is 388 g/mol. The first-order chi connectivity index (χ1) is 12.9. The van der Waals surface area contributed by atoms with Gasteiger partial charge >= 0.3 is 5.97 Å². The van der Waals surface area contributed by atoms with Crippen molar-refractivity contribution >= 4 is 16.0 Å². The molecule has 0 N–H and O–H groups in total. The lowest BCUT2D eigenvalue weighted by atomic mass is 10.2. The number of hydrogen-bond acceptors (Lipinski definition) is 4. The maximum absolute atomic E-state index is 13.3.